The van der Waals surface area contributed by atoms with Crippen molar-refractivity contribution in [2.75, 3.05) is 6.54 Å². The van der Waals surface area contributed by atoms with Crippen molar-refractivity contribution in [3.8, 4) is 0 Å². The molecule has 0 spiro atoms. The SMILES string of the molecule is CC(=O)NCCCC(O)(OP(O)O)OP(O)O. The molecule has 0 saturated heterocycles. The van der Waals surface area contributed by atoms with Crippen LogP contribution in [0.3, 0.4) is 0 Å². The highest BCUT2D eigenvalue weighted by Crippen LogP contribution is 2.41. The quantitative estimate of drug-likeness (QED) is 0.189. The molecule has 1 amide bonds. The second-order valence-corrected chi connectivity index (χ2v) is 4.36. The summed E-state index contributed by atoms with van der Waals surface area (Å²) in [4.78, 5) is 44.8. The van der Waals surface area contributed by atoms with E-state index >= 15 is 0 Å². The van der Waals surface area contributed by atoms with E-state index in [4.69, 9.17) is 19.6 Å². The van der Waals surface area contributed by atoms with E-state index in [1.807, 2.05) is 0 Å². The molecule has 0 unspecified atom stereocenters. The zero-order valence-corrected chi connectivity index (χ0v) is 10.8. The second kappa shape index (κ2) is 8.20. The lowest BCUT2D eigenvalue weighted by atomic mass is 10.3. The fraction of sp³-hybridized carbons (Fsp3) is 0.833. The van der Waals surface area contributed by atoms with E-state index < -0.39 is 23.2 Å². The zero-order valence-electron chi connectivity index (χ0n) is 8.98. The molecular formula is C6H15NO8P2. The van der Waals surface area contributed by atoms with Gasteiger partial charge >= 0.3 is 17.2 Å². The van der Waals surface area contributed by atoms with Crippen LogP contribution in [0.25, 0.3) is 0 Å². The van der Waals surface area contributed by atoms with Gasteiger partial charge < -0.3 is 30.0 Å². The lowest BCUT2D eigenvalue weighted by Gasteiger charge is -2.27. The van der Waals surface area contributed by atoms with Crippen LogP contribution in [-0.2, 0) is 13.8 Å². The standard InChI is InChI=1S/C6H15NO8P2/c1-5(8)7-4-2-3-6(9,14-16(10)11)15-17(12)13/h9-13H,2-4H2,1H3,(H,7,8). The normalized spacial score (nSPS) is 12.2. The molecule has 0 atom stereocenters. The maximum atomic E-state index is 10.5. The molecule has 11 heteroatoms. The van der Waals surface area contributed by atoms with Gasteiger partial charge in [0.15, 0.2) is 0 Å². The minimum Gasteiger partial charge on any atom is -0.356 e. The van der Waals surface area contributed by atoms with Crippen molar-refractivity contribution in [1.29, 1.82) is 0 Å². The molecule has 0 radical (unpaired) electrons. The molecule has 0 bridgehead atoms. The predicted molar refractivity (Wildman–Crippen MR) is 57.8 cm³/mol. The number of hydrogen-bond acceptors (Lipinski definition) is 8. The van der Waals surface area contributed by atoms with Gasteiger partial charge in [-0.05, 0) is 6.42 Å². The smallest absolute Gasteiger partial charge is 0.331 e. The van der Waals surface area contributed by atoms with Gasteiger partial charge in [0, 0.05) is 19.9 Å². The highest BCUT2D eigenvalue weighted by atomic mass is 31.2. The van der Waals surface area contributed by atoms with Gasteiger partial charge in [0.1, 0.15) is 0 Å². The van der Waals surface area contributed by atoms with Gasteiger partial charge in [0.2, 0.25) is 5.91 Å². The molecule has 9 nitrogen and oxygen atoms in total. The summed E-state index contributed by atoms with van der Waals surface area (Å²) in [6.45, 7) is 1.49. The Morgan fingerprint density at radius 2 is 1.71 bits per heavy atom. The fourth-order valence-electron chi connectivity index (χ4n) is 0.939. The van der Waals surface area contributed by atoms with Crippen molar-refractivity contribution < 1.29 is 38.5 Å². The van der Waals surface area contributed by atoms with Gasteiger partial charge in [-0.3, -0.25) is 13.8 Å². The highest BCUT2D eigenvalue weighted by Gasteiger charge is 2.35. The number of nitrogens with one attached hydrogen (secondary N) is 1. The number of carbonyl (C=O) groups excluding carboxylic acids is 1. The van der Waals surface area contributed by atoms with Crippen molar-refractivity contribution in [3.05, 3.63) is 0 Å². The van der Waals surface area contributed by atoms with Crippen molar-refractivity contribution >= 4 is 23.1 Å². The predicted octanol–water partition coefficient (Wildman–Crippen LogP) is -0.995. The molecule has 0 aromatic carbocycles. The molecule has 0 aliphatic rings. The van der Waals surface area contributed by atoms with Crippen molar-refractivity contribution in [2.24, 2.45) is 0 Å². The summed E-state index contributed by atoms with van der Waals surface area (Å²) in [5.41, 5.74) is 0. The van der Waals surface area contributed by atoms with E-state index in [1.54, 1.807) is 0 Å². The molecule has 102 valence electrons. The number of amides is 1. The van der Waals surface area contributed by atoms with Crippen molar-refractivity contribution in [3.63, 3.8) is 0 Å². The lowest BCUT2D eigenvalue weighted by Crippen LogP contribution is -2.34. The molecule has 0 aliphatic heterocycles. The minimum atomic E-state index is -2.93. The van der Waals surface area contributed by atoms with Crippen LogP contribution in [0.5, 0.6) is 0 Å². The van der Waals surface area contributed by atoms with Crippen LogP contribution in [-0.4, -0.2) is 43.1 Å². The molecule has 0 aromatic rings. The maximum Gasteiger partial charge on any atom is 0.331 e. The van der Waals surface area contributed by atoms with Crippen LogP contribution >= 0.6 is 17.2 Å². The van der Waals surface area contributed by atoms with E-state index in [0.717, 1.165) is 0 Å². The van der Waals surface area contributed by atoms with Crippen LogP contribution < -0.4 is 5.32 Å². The zero-order chi connectivity index (χ0) is 13.5. The first kappa shape index (κ1) is 17.1. The highest BCUT2D eigenvalue weighted by molar-refractivity contribution is 7.40. The van der Waals surface area contributed by atoms with Crippen LogP contribution in [0.1, 0.15) is 19.8 Å². The first-order valence-corrected chi connectivity index (χ1v) is 6.79. The molecule has 0 fully saturated rings. The lowest BCUT2D eigenvalue weighted by molar-refractivity contribution is -0.282. The van der Waals surface area contributed by atoms with Gasteiger partial charge in [-0.25, -0.2) is 0 Å². The Labute approximate surface area is 100.0 Å². The molecule has 0 aromatic heterocycles. The molecule has 0 aliphatic carbocycles. The Balaban J connectivity index is 4.13. The Kier molecular flexibility index (Phi) is 8.23. The van der Waals surface area contributed by atoms with E-state index in [9.17, 15) is 9.90 Å². The molecule has 0 saturated carbocycles. The third kappa shape index (κ3) is 9.72. The Bertz CT molecular complexity index is 228. The Morgan fingerprint density at radius 1 is 1.24 bits per heavy atom. The summed E-state index contributed by atoms with van der Waals surface area (Å²) in [7, 11) is -5.85. The summed E-state index contributed by atoms with van der Waals surface area (Å²) < 4.78 is 8.50. The van der Waals surface area contributed by atoms with Crippen molar-refractivity contribution in [1.82, 2.24) is 5.32 Å². The van der Waals surface area contributed by atoms with Gasteiger partial charge in [-0.2, -0.15) is 0 Å². The van der Waals surface area contributed by atoms with Crippen LogP contribution in [0.2, 0.25) is 0 Å². The van der Waals surface area contributed by atoms with E-state index in [-0.39, 0.29) is 25.3 Å². The summed E-state index contributed by atoms with van der Waals surface area (Å²) in [6.07, 6.45) is -0.115. The number of carbonyl (C=O) groups is 1. The fourth-order valence-corrected chi connectivity index (χ4v) is 1.77. The Hall–Kier alpha value is 0.0500. The number of hydrogen-bond donors (Lipinski definition) is 6. The van der Waals surface area contributed by atoms with Crippen LogP contribution in [0.15, 0.2) is 0 Å². The Morgan fingerprint density at radius 3 is 2.06 bits per heavy atom. The average Bonchev–Trinajstić information content (AvgIpc) is 2.09. The molecule has 17 heavy (non-hydrogen) atoms. The van der Waals surface area contributed by atoms with E-state index in [2.05, 4.69) is 14.4 Å². The molecule has 6 N–H and O–H groups in total. The first-order valence-electron chi connectivity index (χ1n) is 4.46. The number of aliphatic hydroxyl groups is 1. The summed E-state index contributed by atoms with van der Waals surface area (Å²) in [6, 6.07) is 0. The third-order valence-electron chi connectivity index (χ3n) is 1.49. The van der Waals surface area contributed by atoms with E-state index in [0.29, 0.717) is 0 Å². The molecular weight excluding hydrogens is 276 g/mol. The minimum absolute atomic E-state index is 0.169. The topological polar surface area (TPSA) is 149 Å². The number of rotatable bonds is 8. The molecule has 0 heterocycles. The van der Waals surface area contributed by atoms with E-state index in [1.165, 1.54) is 6.92 Å². The van der Waals surface area contributed by atoms with Gasteiger partial charge in [-0.1, -0.05) is 0 Å². The van der Waals surface area contributed by atoms with Crippen molar-refractivity contribution in [2.45, 2.75) is 25.7 Å². The summed E-state index contributed by atoms with van der Waals surface area (Å²) >= 11 is 0. The largest absolute Gasteiger partial charge is 0.356 e. The van der Waals surface area contributed by atoms with Gasteiger partial charge in [-0.15, -0.1) is 0 Å². The third-order valence-corrected chi connectivity index (χ3v) is 2.39. The average molecular weight is 291 g/mol. The van der Waals surface area contributed by atoms with Crippen LogP contribution in [0, 0.1) is 0 Å². The maximum absolute atomic E-state index is 10.5. The first-order chi connectivity index (χ1) is 7.75. The summed E-state index contributed by atoms with van der Waals surface area (Å²) in [5.74, 6) is -2.78. The monoisotopic (exact) mass is 291 g/mol. The van der Waals surface area contributed by atoms with Gasteiger partial charge in [0.25, 0.3) is 5.97 Å². The summed E-state index contributed by atoms with van der Waals surface area (Å²) in [5, 5.41) is 12.0. The van der Waals surface area contributed by atoms with Gasteiger partial charge in [0.05, 0.1) is 0 Å². The van der Waals surface area contributed by atoms with Crippen LogP contribution in [0.4, 0.5) is 0 Å². The molecule has 0 rings (SSSR count). The second-order valence-electron chi connectivity index (χ2n) is 2.99.